The molecule has 0 radical (unpaired) electrons. The number of nitrogens with zero attached hydrogens (tertiary/aromatic N) is 3. The minimum atomic E-state index is 0.689. The Balaban J connectivity index is 1.62. The third kappa shape index (κ3) is 3.40. The van der Waals surface area contributed by atoms with E-state index in [1.54, 1.807) is 0 Å². The third-order valence-electron chi connectivity index (χ3n) is 4.63. The van der Waals surface area contributed by atoms with E-state index in [0.717, 1.165) is 51.9 Å². The molecule has 25 heavy (non-hydrogen) atoms. The van der Waals surface area contributed by atoms with Crippen molar-refractivity contribution in [3.63, 3.8) is 0 Å². The summed E-state index contributed by atoms with van der Waals surface area (Å²) >= 11 is 6.23. The molecule has 0 unspecified atom stereocenters. The quantitative estimate of drug-likeness (QED) is 0.732. The molecule has 1 aliphatic rings. The van der Waals surface area contributed by atoms with Gasteiger partial charge in [0.1, 0.15) is 11.6 Å². The Labute approximate surface area is 152 Å². The molecule has 0 aliphatic carbocycles. The number of anilines is 2. The van der Waals surface area contributed by atoms with E-state index in [9.17, 15) is 0 Å². The van der Waals surface area contributed by atoms with Crippen LogP contribution in [0, 0.1) is 6.92 Å². The van der Waals surface area contributed by atoms with Crippen LogP contribution in [0.4, 0.5) is 11.5 Å². The first-order valence-corrected chi connectivity index (χ1v) is 9.09. The Morgan fingerprint density at radius 1 is 1.08 bits per heavy atom. The lowest BCUT2D eigenvalue weighted by Gasteiger charge is -2.19. The Kier molecular flexibility index (Phi) is 4.45. The summed E-state index contributed by atoms with van der Waals surface area (Å²) < 4.78 is 0. The molecule has 2 aromatic carbocycles. The molecule has 1 fully saturated rings. The molecule has 5 heteroatoms. The van der Waals surface area contributed by atoms with Crippen molar-refractivity contribution in [2.45, 2.75) is 26.3 Å². The maximum Gasteiger partial charge on any atom is 0.140 e. The molecule has 2 heterocycles. The average Bonchev–Trinajstić information content (AvgIpc) is 3.14. The highest BCUT2D eigenvalue weighted by Gasteiger charge is 2.17. The van der Waals surface area contributed by atoms with Crippen LogP contribution < -0.4 is 10.2 Å². The largest absolute Gasteiger partial charge is 0.381 e. The molecule has 0 saturated carbocycles. The van der Waals surface area contributed by atoms with E-state index < -0.39 is 0 Å². The number of hydrogen-bond acceptors (Lipinski definition) is 4. The fourth-order valence-corrected chi connectivity index (χ4v) is 3.55. The van der Waals surface area contributed by atoms with E-state index in [2.05, 4.69) is 33.4 Å². The first kappa shape index (κ1) is 16.2. The first-order valence-electron chi connectivity index (χ1n) is 8.71. The number of halogens is 1. The number of fused-ring (bicyclic) bond motifs is 1. The lowest BCUT2D eigenvalue weighted by atomic mass is 10.2. The normalized spacial score (nSPS) is 14.2. The second kappa shape index (κ2) is 6.89. The van der Waals surface area contributed by atoms with Gasteiger partial charge in [-0.2, -0.15) is 0 Å². The van der Waals surface area contributed by atoms with Gasteiger partial charge in [-0.05, 0) is 49.6 Å². The van der Waals surface area contributed by atoms with Crippen LogP contribution in [0.1, 0.15) is 24.2 Å². The van der Waals surface area contributed by atoms with Gasteiger partial charge in [0.15, 0.2) is 0 Å². The van der Waals surface area contributed by atoms with Gasteiger partial charge in [-0.15, -0.1) is 0 Å². The Morgan fingerprint density at radius 3 is 2.68 bits per heavy atom. The number of aryl methyl sites for hydroxylation is 1. The third-order valence-corrected chi connectivity index (χ3v) is 5.00. The number of benzene rings is 2. The molecular weight excluding hydrogens is 332 g/mol. The fourth-order valence-electron chi connectivity index (χ4n) is 3.35. The Bertz CT molecular complexity index is 903. The van der Waals surface area contributed by atoms with Gasteiger partial charge in [-0.1, -0.05) is 29.8 Å². The molecule has 1 N–H and O–H groups in total. The molecule has 1 aliphatic heterocycles. The molecule has 0 spiro atoms. The Morgan fingerprint density at radius 2 is 1.88 bits per heavy atom. The summed E-state index contributed by atoms with van der Waals surface area (Å²) in [7, 11) is 0. The van der Waals surface area contributed by atoms with Crippen LogP contribution in [-0.4, -0.2) is 23.1 Å². The molecule has 1 saturated heterocycles. The second-order valence-electron chi connectivity index (χ2n) is 6.47. The molecule has 0 bridgehead atoms. The van der Waals surface area contributed by atoms with Gasteiger partial charge in [-0.25, -0.2) is 9.97 Å². The molecule has 1 aromatic heterocycles. The van der Waals surface area contributed by atoms with Crippen LogP contribution in [0.25, 0.3) is 10.9 Å². The summed E-state index contributed by atoms with van der Waals surface area (Å²) in [5.74, 6) is 1.88. The number of nitrogens with one attached hydrogen (secondary N) is 1. The number of hydrogen-bond donors (Lipinski definition) is 1. The SMILES string of the molecule is Cc1nc(N2CCCC2)c2ccc(NCc3ccccc3Cl)cc2n1. The van der Waals surface area contributed by atoms with Crippen molar-refractivity contribution in [3.8, 4) is 0 Å². The highest BCUT2D eigenvalue weighted by Crippen LogP contribution is 2.29. The van der Waals surface area contributed by atoms with Gasteiger partial charge in [0.25, 0.3) is 0 Å². The zero-order chi connectivity index (χ0) is 17.2. The first-order chi connectivity index (χ1) is 12.2. The van der Waals surface area contributed by atoms with Crippen LogP contribution in [0.2, 0.25) is 5.02 Å². The maximum absolute atomic E-state index is 6.23. The van der Waals surface area contributed by atoms with Crippen molar-refractivity contribution >= 4 is 34.0 Å². The topological polar surface area (TPSA) is 41.1 Å². The van der Waals surface area contributed by atoms with Crippen LogP contribution in [0.15, 0.2) is 42.5 Å². The molecule has 4 nitrogen and oxygen atoms in total. The van der Waals surface area contributed by atoms with Crippen LogP contribution in [0.3, 0.4) is 0 Å². The van der Waals surface area contributed by atoms with Gasteiger partial charge in [-0.3, -0.25) is 0 Å². The molecule has 3 aromatic rings. The maximum atomic E-state index is 6.23. The van der Waals surface area contributed by atoms with Gasteiger partial charge in [0.05, 0.1) is 5.52 Å². The van der Waals surface area contributed by atoms with Crippen LogP contribution in [-0.2, 0) is 6.54 Å². The minimum Gasteiger partial charge on any atom is -0.381 e. The zero-order valence-corrected chi connectivity index (χ0v) is 15.1. The van der Waals surface area contributed by atoms with Crippen molar-refractivity contribution < 1.29 is 0 Å². The summed E-state index contributed by atoms with van der Waals surface area (Å²) in [6.07, 6.45) is 2.48. The lowest BCUT2D eigenvalue weighted by molar-refractivity contribution is 0.925. The van der Waals surface area contributed by atoms with Crippen LogP contribution in [0.5, 0.6) is 0 Å². The number of aromatic nitrogens is 2. The zero-order valence-electron chi connectivity index (χ0n) is 14.3. The molecule has 0 atom stereocenters. The van der Waals surface area contributed by atoms with E-state index in [1.807, 2.05) is 31.2 Å². The summed E-state index contributed by atoms with van der Waals surface area (Å²) in [4.78, 5) is 11.7. The van der Waals surface area contributed by atoms with E-state index in [-0.39, 0.29) is 0 Å². The van der Waals surface area contributed by atoms with Crippen molar-refractivity contribution in [3.05, 3.63) is 58.9 Å². The summed E-state index contributed by atoms with van der Waals surface area (Å²) in [6.45, 7) is 4.81. The monoisotopic (exact) mass is 352 g/mol. The van der Waals surface area contributed by atoms with Crippen LogP contribution >= 0.6 is 11.6 Å². The van der Waals surface area contributed by atoms with Crippen molar-refractivity contribution in [2.75, 3.05) is 23.3 Å². The molecule has 4 rings (SSSR count). The minimum absolute atomic E-state index is 0.689. The van der Waals surface area contributed by atoms with Gasteiger partial charge in [0, 0.05) is 35.7 Å². The van der Waals surface area contributed by atoms with Crippen molar-refractivity contribution in [1.29, 1.82) is 0 Å². The van der Waals surface area contributed by atoms with Gasteiger partial charge in [0.2, 0.25) is 0 Å². The molecular formula is C20H21ClN4. The van der Waals surface area contributed by atoms with E-state index in [1.165, 1.54) is 12.8 Å². The van der Waals surface area contributed by atoms with Crippen molar-refractivity contribution in [2.24, 2.45) is 0 Å². The highest BCUT2D eigenvalue weighted by molar-refractivity contribution is 6.31. The average molecular weight is 353 g/mol. The predicted molar refractivity (Wildman–Crippen MR) is 105 cm³/mol. The lowest BCUT2D eigenvalue weighted by Crippen LogP contribution is -2.20. The van der Waals surface area contributed by atoms with E-state index in [4.69, 9.17) is 16.6 Å². The predicted octanol–water partition coefficient (Wildman–Crippen LogP) is 4.80. The highest BCUT2D eigenvalue weighted by atomic mass is 35.5. The van der Waals surface area contributed by atoms with Crippen molar-refractivity contribution in [1.82, 2.24) is 9.97 Å². The van der Waals surface area contributed by atoms with Gasteiger partial charge < -0.3 is 10.2 Å². The Hall–Kier alpha value is -2.33. The summed E-state index contributed by atoms with van der Waals surface area (Å²) in [5, 5.41) is 5.35. The van der Waals surface area contributed by atoms with E-state index in [0.29, 0.717) is 6.54 Å². The smallest absolute Gasteiger partial charge is 0.140 e. The fraction of sp³-hybridized carbons (Fsp3) is 0.300. The second-order valence-corrected chi connectivity index (χ2v) is 6.87. The standard InChI is InChI=1S/C20H21ClN4/c1-14-23-19-12-16(22-13-15-6-2-3-7-18(15)21)8-9-17(19)20(24-14)25-10-4-5-11-25/h2-3,6-9,12,22H,4-5,10-11,13H2,1H3. The van der Waals surface area contributed by atoms with Gasteiger partial charge >= 0.3 is 0 Å². The summed E-state index contributed by atoms with van der Waals surface area (Å²) in [5.41, 5.74) is 3.11. The number of rotatable bonds is 4. The summed E-state index contributed by atoms with van der Waals surface area (Å²) in [6, 6.07) is 14.2. The molecule has 128 valence electrons. The van der Waals surface area contributed by atoms with E-state index >= 15 is 0 Å². The molecule has 0 amide bonds.